The van der Waals surface area contributed by atoms with E-state index in [9.17, 15) is 9.59 Å². The lowest BCUT2D eigenvalue weighted by Crippen LogP contribution is -2.40. The summed E-state index contributed by atoms with van der Waals surface area (Å²) in [5.41, 5.74) is 4.05. The van der Waals surface area contributed by atoms with Crippen LogP contribution >= 0.6 is 11.3 Å². The number of anilines is 1. The Balaban J connectivity index is 1.69. The summed E-state index contributed by atoms with van der Waals surface area (Å²) in [6.45, 7) is 7.50. The number of hydrogen-bond acceptors (Lipinski definition) is 6. The standard InChI is InChI=1S/C26H25N5O3S/c1-14-11-12-20(34-14)23-22(24(32)28-18-9-7-6-8-10-18)16(3)27-26-31(23)25(33)21(35-26)13-19-15(2)29-30(5)17(19)4/h6-13,23H,1-5H3,(H,28,32)/b21-13-. The van der Waals surface area contributed by atoms with E-state index in [-0.39, 0.29) is 11.5 Å². The summed E-state index contributed by atoms with van der Waals surface area (Å²) < 4.78 is 9.82. The topological polar surface area (TPSA) is 94.4 Å². The molecule has 1 atom stereocenters. The molecular weight excluding hydrogens is 462 g/mol. The summed E-state index contributed by atoms with van der Waals surface area (Å²) in [4.78, 5) is 32.4. The van der Waals surface area contributed by atoms with Crippen LogP contribution in [0.15, 0.2) is 67.9 Å². The van der Waals surface area contributed by atoms with Gasteiger partial charge in [-0.05, 0) is 58.0 Å². The van der Waals surface area contributed by atoms with Crippen molar-refractivity contribution in [1.82, 2.24) is 14.3 Å². The Hall–Kier alpha value is -3.98. The Labute approximate surface area is 205 Å². The zero-order valence-electron chi connectivity index (χ0n) is 20.1. The number of carbonyl (C=O) groups excluding carboxylic acids is 1. The fourth-order valence-electron chi connectivity index (χ4n) is 4.33. The van der Waals surface area contributed by atoms with E-state index in [1.165, 1.54) is 11.3 Å². The summed E-state index contributed by atoms with van der Waals surface area (Å²) in [7, 11) is 1.88. The van der Waals surface area contributed by atoms with Crippen molar-refractivity contribution >= 4 is 29.0 Å². The second-order valence-electron chi connectivity index (χ2n) is 8.56. The molecule has 1 N–H and O–H groups in total. The molecule has 4 heterocycles. The van der Waals surface area contributed by atoms with Gasteiger partial charge < -0.3 is 9.73 Å². The van der Waals surface area contributed by atoms with Crippen molar-refractivity contribution in [3.63, 3.8) is 0 Å². The van der Waals surface area contributed by atoms with Gasteiger partial charge in [0.05, 0.1) is 21.5 Å². The molecule has 3 aromatic heterocycles. The predicted octanol–water partition coefficient (Wildman–Crippen LogP) is 3.13. The Morgan fingerprint density at radius 2 is 1.86 bits per heavy atom. The highest BCUT2D eigenvalue weighted by Crippen LogP contribution is 2.31. The second kappa shape index (κ2) is 8.66. The molecule has 0 fully saturated rings. The fourth-order valence-corrected chi connectivity index (χ4v) is 5.36. The number of furan rings is 1. The molecule has 35 heavy (non-hydrogen) atoms. The molecule has 8 nitrogen and oxygen atoms in total. The van der Waals surface area contributed by atoms with E-state index in [1.54, 1.807) is 22.2 Å². The van der Waals surface area contributed by atoms with Crippen LogP contribution in [0.2, 0.25) is 0 Å². The van der Waals surface area contributed by atoms with Gasteiger partial charge in [-0.1, -0.05) is 29.5 Å². The third-order valence-electron chi connectivity index (χ3n) is 6.17. The van der Waals surface area contributed by atoms with Crippen molar-refractivity contribution in [2.45, 2.75) is 33.7 Å². The van der Waals surface area contributed by atoms with Gasteiger partial charge in [-0.15, -0.1) is 0 Å². The minimum absolute atomic E-state index is 0.229. The third-order valence-corrected chi connectivity index (χ3v) is 7.15. The Morgan fingerprint density at radius 3 is 2.49 bits per heavy atom. The van der Waals surface area contributed by atoms with Gasteiger partial charge in [0, 0.05) is 24.0 Å². The summed E-state index contributed by atoms with van der Waals surface area (Å²) in [6, 6.07) is 12.1. The number of rotatable bonds is 4. The first-order valence-corrected chi connectivity index (χ1v) is 12.0. The molecule has 0 bridgehead atoms. The normalized spacial score (nSPS) is 15.8. The first kappa shape index (κ1) is 22.8. The maximum Gasteiger partial charge on any atom is 0.271 e. The van der Waals surface area contributed by atoms with E-state index in [1.807, 2.05) is 70.3 Å². The average Bonchev–Trinajstić information content (AvgIpc) is 3.45. The molecule has 0 radical (unpaired) electrons. The van der Waals surface area contributed by atoms with Gasteiger partial charge >= 0.3 is 0 Å². The highest BCUT2D eigenvalue weighted by atomic mass is 32.1. The molecule has 5 rings (SSSR count). The van der Waals surface area contributed by atoms with Gasteiger partial charge in [0.2, 0.25) is 0 Å². The van der Waals surface area contributed by atoms with Crippen LogP contribution in [0.25, 0.3) is 6.08 Å². The van der Waals surface area contributed by atoms with Crippen molar-refractivity contribution in [3.05, 3.63) is 102 Å². The van der Waals surface area contributed by atoms with E-state index >= 15 is 0 Å². The summed E-state index contributed by atoms with van der Waals surface area (Å²) in [5.74, 6) is 0.877. The summed E-state index contributed by atoms with van der Waals surface area (Å²) in [5, 5.41) is 7.39. The van der Waals surface area contributed by atoms with Crippen molar-refractivity contribution in [3.8, 4) is 0 Å². The third kappa shape index (κ3) is 3.97. The minimum atomic E-state index is -0.734. The maximum absolute atomic E-state index is 13.7. The van der Waals surface area contributed by atoms with Gasteiger partial charge in [-0.25, -0.2) is 4.99 Å². The molecule has 1 aliphatic heterocycles. The minimum Gasteiger partial charge on any atom is -0.464 e. The van der Waals surface area contributed by atoms with Gasteiger partial charge in [0.1, 0.15) is 17.6 Å². The molecule has 0 aliphatic carbocycles. The molecule has 1 aromatic carbocycles. The van der Waals surface area contributed by atoms with Crippen LogP contribution in [0.5, 0.6) is 0 Å². The number of nitrogens with one attached hydrogen (secondary N) is 1. The molecule has 0 saturated heterocycles. The van der Waals surface area contributed by atoms with Crippen LogP contribution in [0.1, 0.15) is 41.4 Å². The number of nitrogens with zero attached hydrogens (tertiary/aromatic N) is 4. The SMILES string of the molecule is CC1=C(C(=O)Nc2ccccc2)C(c2ccc(C)o2)n2c(s/c(=C\c3c(C)nn(C)c3C)c2=O)=N1. The lowest BCUT2D eigenvalue weighted by molar-refractivity contribution is -0.113. The first-order chi connectivity index (χ1) is 16.7. The van der Waals surface area contributed by atoms with Crippen LogP contribution in [-0.2, 0) is 11.8 Å². The van der Waals surface area contributed by atoms with Crippen LogP contribution in [-0.4, -0.2) is 20.3 Å². The van der Waals surface area contributed by atoms with Crippen LogP contribution in [0.4, 0.5) is 5.69 Å². The van der Waals surface area contributed by atoms with E-state index in [0.29, 0.717) is 37.8 Å². The lowest BCUT2D eigenvalue weighted by Gasteiger charge is -2.23. The van der Waals surface area contributed by atoms with E-state index in [2.05, 4.69) is 15.4 Å². The van der Waals surface area contributed by atoms with Crippen LogP contribution in [0.3, 0.4) is 0 Å². The molecule has 4 aromatic rings. The van der Waals surface area contributed by atoms with Gasteiger partial charge in [0.25, 0.3) is 11.5 Å². The smallest absolute Gasteiger partial charge is 0.271 e. The van der Waals surface area contributed by atoms with Crippen molar-refractivity contribution < 1.29 is 9.21 Å². The first-order valence-electron chi connectivity index (χ1n) is 11.2. The highest BCUT2D eigenvalue weighted by Gasteiger charge is 2.34. The number of aryl methyl sites for hydroxylation is 3. The summed E-state index contributed by atoms with van der Waals surface area (Å²) >= 11 is 1.29. The summed E-state index contributed by atoms with van der Waals surface area (Å²) in [6.07, 6.45) is 1.86. The van der Waals surface area contributed by atoms with Crippen LogP contribution < -0.4 is 20.2 Å². The fraction of sp³-hybridized carbons (Fsp3) is 0.231. The number of amides is 1. The van der Waals surface area contributed by atoms with E-state index < -0.39 is 6.04 Å². The quantitative estimate of drug-likeness (QED) is 0.479. The molecule has 1 aliphatic rings. The van der Waals surface area contributed by atoms with Gasteiger partial charge in [-0.3, -0.25) is 18.8 Å². The number of hydrogen-bond donors (Lipinski definition) is 1. The number of aromatic nitrogens is 3. The van der Waals surface area contributed by atoms with Gasteiger partial charge in [-0.2, -0.15) is 5.10 Å². The van der Waals surface area contributed by atoms with Crippen molar-refractivity contribution in [1.29, 1.82) is 0 Å². The number of benzene rings is 1. The predicted molar refractivity (Wildman–Crippen MR) is 135 cm³/mol. The zero-order valence-corrected chi connectivity index (χ0v) is 20.9. The highest BCUT2D eigenvalue weighted by molar-refractivity contribution is 7.07. The number of fused-ring (bicyclic) bond motifs is 1. The lowest BCUT2D eigenvalue weighted by atomic mass is 10.00. The van der Waals surface area contributed by atoms with E-state index in [0.717, 1.165) is 17.0 Å². The second-order valence-corrected chi connectivity index (χ2v) is 9.57. The number of allylic oxidation sites excluding steroid dienone is 1. The van der Waals surface area contributed by atoms with Crippen LogP contribution in [0, 0.1) is 20.8 Å². The Morgan fingerprint density at radius 1 is 1.11 bits per heavy atom. The monoisotopic (exact) mass is 487 g/mol. The number of carbonyl (C=O) groups is 1. The molecule has 1 unspecified atom stereocenters. The molecule has 9 heteroatoms. The maximum atomic E-state index is 13.7. The Kier molecular flexibility index (Phi) is 5.64. The van der Waals surface area contributed by atoms with Gasteiger partial charge in [0.15, 0.2) is 4.80 Å². The molecule has 0 spiro atoms. The van der Waals surface area contributed by atoms with Crippen molar-refractivity contribution in [2.75, 3.05) is 5.32 Å². The number of para-hydroxylation sites is 1. The van der Waals surface area contributed by atoms with Crippen molar-refractivity contribution in [2.24, 2.45) is 12.0 Å². The zero-order chi connectivity index (χ0) is 24.9. The molecule has 178 valence electrons. The largest absolute Gasteiger partial charge is 0.464 e. The Bertz CT molecular complexity index is 1670. The molecular formula is C26H25N5O3S. The van der Waals surface area contributed by atoms with E-state index in [4.69, 9.17) is 4.42 Å². The average molecular weight is 488 g/mol. The molecule has 1 amide bonds. The number of thiazole rings is 1. The molecule has 0 saturated carbocycles.